The number of aromatic nitrogens is 3. The van der Waals surface area contributed by atoms with Crippen LogP contribution in [0.3, 0.4) is 0 Å². The molecule has 3 N–H and O–H groups in total. The van der Waals surface area contributed by atoms with Crippen molar-refractivity contribution in [2.24, 2.45) is 0 Å². The molecule has 8 heteroatoms. The van der Waals surface area contributed by atoms with Crippen LogP contribution in [-0.4, -0.2) is 31.7 Å². The Morgan fingerprint density at radius 1 is 1.13 bits per heavy atom. The van der Waals surface area contributed by atoms with E-state index in [0.717, 1.165) is 28.2 Å². The second-order valence-corrected chi connectivity index (χ2v) is 8.52. The van der Waals surface area contributed by atoms with Gasteiger partial charge < -0.3 is 15.4 Å². The Bertz CT molecular complexity index is 1140. The highest BCUT2D eigenvalue weighted by atomic mass is 32.2. The number of aromatic amines is 1. The molecule has 0 saturated carbocycles. The fraction of sp³-hybridized carbons (Fsp3) is 0.136. The number of hydrogen-bond acceptors (Lipinski definition) is 6. The van der Waals surface area contributed by atoms with Crippen molar-refractivity contribution in [3.8, 4) is 17.0 Å². The van der Waals surface area contributed by atoms with Gasteiger partial charge in [-0.25, -0.2) is 9.97 Å². The van der Waals surface area contributed by atoms with Gasteiger partial charge in [-0.2, -0.15) is 0 Å². The van der Waals surface area contributed by atoms with Crippen molar-refractivity contribution in [1.82, 2.24) is 15.0 Å². The smallest absolute Gasteiger partial charge is 0.236 e. The second kappa shape index (κ2) is 9.15. The third-order valence-corrected chi connectivity index (χ3v) is 6.06. The minimum atomic E-state index is -0.122. The number of thiazole rings is 1. The summed E-state index contributed by atoms with van der Waals surface area (Å²) in [5, 5.41) is 15.5. The first-order valence-corrected chi connectivity index (χ1v) is 11.2. The molecule has 6 nitrogen and oxygen atoms in total. The zero-order valence-corrected chi connectivity index (χ0v) is 17.9. The summed E-state index contributed by atoms with van der Waals surface area (Å²) in [5.74, 6) is 0.366. The van der Waals surface area contributed by atoms with E-state index >= 15 is 0 Å². The molecule has 0 radical (unpaired) electrons. The molecule has 4 rings (SSSR count). The van der Waals surface area contributed by atoms with Crippen molar-refractivity contribution in [2.75, 3.05) is 11.1 Å². The zero-order chi connectivity index (χ0) is 20.9. The summed E-state index contributed by atoms with van der Waals surface area (Å²) >= 11 is 2.77. The molecule has 2 heterocycles. The predicted octanol–water partition coefficient (Wildman–Crippen LogP) is 4.87. The summed E-state index contributed by atoms with van der Waals surface area (Å²) in [6.45, 7) is 1.97. The molecule has 0 aliphatic rings. The quantitative estimate of drug-likeness (QED) is 0.360. The number of thioether (sulfide) groups is 1. The van der Waals surface area contributed by atoms with Gasteiger partial charge in [0.15, 0.2) is 10.3 Å². The SMILES string of the molecule is Cc1[nH]c(SCC(=O)Nc2nc(-c3ccccc3)cs2)nc1Cc1ccc(O)cc1. The van der Waals surface area contributed by atoms with Crippen molar-refractivity contribution < 1.29 is 9.90 Å². The van der Waals surface area contributed by atoms with E-state index in [1.165, 1.54) is 23.1 Å². The maximum atomic E-state index is 12.3. The number of phenols is 1. The van der Waals surface area contributed by atoms with Gasteiger partial charge in [-0.1, -0.05) is 54.2 Å². The van der Waals surface area contributed by atoms with Crippen LogP contribution in [0.2, 0.25) is 0 Å². The highest BCUT2D eigenvalue weighted by Crippen LogP contribution is 2.25. The number of phenolic OH excluding ortho intramolecular Hbond substituents is 1. The summed E-state index contributed by atoms with van der Waals surface area (Å²) < 4.78 is 0. The summed E-state index contributed by atoms with van der Waals surface area (Å²) in [6.07, 6.45) is 0.663. The number of carbonyl (C=O) groups excluding carboxylic acids is 1. The number of hydrogen-bond donors (Lipinski definition) is 3. The second-order valence-electron chi connectivity index (χ2n) is 6.70. The lowest BCUT2D eigenvalue weighted by Gasteiger charge is -2.00. The van der Waals surface area contributed by atoms with Crippen LogP contribution in [0.4, 0.5) is 5.13 Å². The molecular weight excluding hydrogens is 416 g/mol. The highest BCUT2D eigenvalue weighted by molar-refractivity contribution is 7.99. The number of rotatable bonds is 7. The molecule has 30 heavy (non-hydrogen) atoms. The van der Waals surface area contributed by atoms with E-state index in [1.807, 2.05) is 54.8 Å². The third kappa shape index (κ3) is 5.08. The van der Waals surface area contributed by atoms with Gasteiger partial charge in [0.1, 0.15) is 5.75 Å². The van der Waals surface area contributed by atoms with Crippen LogP contribution >= 0.6 is 23.1 Å². The summed E-state index contributed by atoms with van der Waals surface area (Å²) in [5.41, 5.74) is 4.84. The number of nitrogens with one attached hydrogen (secondary N) is 2. The molecule has 152 valence electrons. The lowest BCUT2D eigenvalue weighted by molar-refractivity contribution is -0.113. The molecule has 0 saturated heterocycles. The average molecular weight is 437 g/mol. The fourth-order valence-corrected chi connectivity index (χ4v) is 4.35. The molecule has 0 atom stereocenters. The van der Waals surface area contributed by atoms with E-state index in [-0.39, 0.29) is 17.4 Å². The Morgan fingerprint density at radius 3 is 2.67 bits per heavy atom. The monoisotopic (exact) mass is 436 g/mol. The molecule has 2 aromatic heterocycles. The fourth-order valence-electron chi connectivity index (χ4n) is 2.88. The van der Waals surface area contributed by atoms with Gasteiger partial charge in [0.25, 0.3) is 0 Å². The lowest BCUT2D eigenvalue weighted by atomic mass is 10.1. The topological polar surface area (TPSA) is 90.9 Å². The van der Waals surface area contributed by atoms with Crippen molar-refractivity contribution in [3.05, 3.63) is 76.9 Å². The normalized spacial score (nSPS) is 10.8. The largest absolute Gasteiger partial charge is 0.508 e. The zero-order valence-electron chi connectivity index (χ0n) is 16.3. The van der Waals surface area contributed by atoms with E-state index in [4.69, 9.17) is 0 Å². The number of nitrogens with zero attached hydrogens (tertiary/aromatic N) is 2. The molecule has 0 bridgehead atoms. The van der Waals surface area contributed by atoms with E-state index in [2.05, 4.69) is 20.3 Å². The van der Waals surface area contributed by atoms with Crippen LogP contribution in [0.5, 0.6) is 5.75 Å². The Kier molecular flexibility index (Phi) is 6.15. The van der Waals surface area contributed by atoms with Gasteiger partial charge in [0.2, 0.25) is 5.91 Å². The van der Waals surface area contributed by atoms with E-state index in [1.54, 1.807) is 12.1 Å². The van der Waals surface area contributed by atoms with E-state index in [0.29, 0.717) is 16.7 Å². The lowest BCUT2D eigenvalue weighted by Crippen LogP contribution is -2.13. The summed E-state index contributed by atoms with van der Waals surface area (Å²) in [4.78, 5) is 24.6. The van der Waals surface area contributed by atoms with Crippen LogP contribution in [-0.2, 0) is 11.2 Å². The third-order valence-electron chi connectivity index (χ3n) is 4.43. The molecule has 0 unspecified atom stereocenters. The summed E-state index contributed by atoms with van der Waals surface area (Å²) in [6, 6.07) is 17.0. The van der Waals surface area contributed by atoms with Gasteiger partial charge in [0, 0.05) is 23.1 Å². The Morgan fingerprint density at radius 2 is 1.90 bits per heavy atom. The van der Waals surface area contributed by atoms with Crippen molar-refractivity contribution in [3.63, 3.8) is 0 Å². The maximum Gasteiger partial charge on any atom is 0.236 e. The van der Waals surface area contributed by atoms with E-state index in [9.17, 15) is 9.90 Å². The number of aromatic hydroxyl groups is 1. The minimum Gasteiger partial charge on any atom is -0.508 e. The Labute approximate surface area is 182 Å². The highest BCUT2D eigenvalue weighted by Gasteiger charge is 2.12. The average Bonchev–Trinajstić information content (AvgIpc) is 3.35. The van der Waals surface area contributed by atoms with Crippen LogP contribution in [0.15, 0.2) is 65.1 Å². The van der Waals surface area contributed by atoms with Crippen molar-refractivity contribution >= 4 is 34.1 Å². The predicted molar refractivity (Wildman–Crippen MR) is 121 cm³/mol. The minimum absolute atomic E-state index is 0.122. The van der Waals surface area contributed by atoms with Gasteiger partial charge in [-0.05, 0) is 24.6 Å². The number of anilines is 1. The van der Waals surface area contributed by atoms with Gasteiger partial charge in [-0.15, -0.1) is 11.3 Å². The number of imidazole rings is 1. The molecule has 0 fully saturated rings. The molecule has 1 amide bonds. The number of H-pyrrole nitrogens is 1. The first-order chi connectivity index (χ1) is 14.6. The van der Waals surface area contributed by atoms with Crippen LogP contribution in [0.1, 0.15) is 17.0 Å². The van der Waals surface area contributed by atoms with E-state index < -0.39 is 0 Å². The molecular formula is C22H20N4O2S2. The van der Waals surface area contributed by atoms with Crippen molar-refractivity contribution in [1.29, 1.82) is 0 Å². The van der Waals surface area contributed by atoms with Crippen LogP contribution in [0, 0.1) is 6.92 Å². The summed E-state index contributed by atoms with van der Waals surface area (Å²) in [7, 11) is 0. The molecule has 0 spiro atoms. The number of aryl methyl sites for hydroxylation is 1. The number of amides is 1. The van der Waals surface area contributed by atoms with Gasteiger partial charge in [0.05, 0.1) is 17.1 Å². The molecule has 0 aliphatic carbocycles. The maximum absolute atomic E-state index is 12.3. The first kappa shape index (κ1) is 20.2. The Hall–Kier alpha value is -3.10. The van der Waals surface area contributed by atoms with Gasteiger partial charge in [-0.3, -0.25) is 4.79 Å². The number of carbonyl (C=O) groups is 1. The first-order valence-electron chi connectivity index (χ1n) is 9.34. The molecule has 2 aromatic carbocycles. The van der Waals surface area contributed by atoms with Crippen LogP contribution < -0.4 is 5.32 Å². The van der Waals surface area contributed by atoms with Gasteiger partial charge >= 0.3 is 0 Å². The molecule has 4 aromatic rings. The Balaban J connectivity index is 1.32. The van der Waals surface area contributed by atoms with Crippen LogP contribution in [0.25, 0.3) is 11.3 Å². The molecule has 0 aliphatic heterocycles. The van der Waals surface area contributed by atoms with Crippen molar-refractivity contribution in [2.45, 2.75) is 18.5 Å². The standard InChI is InChI=1S/C22H20N4O2S2/c1-14-18(11-15-7-9-17(27)10-8-15)24-21(23-14)30-13-20(28)26-22-25-19(12-29-22)16-5-3-2-4-6-16/h2-10,12,27H,11,13H2,1H3,(H,23,24)(H,25,26,28). The number of benzene rings is 2.